The van der Waals surface area contributed by atoms with E-state index in [2.05, 4.69) is 11.4 Å². The molecule has 1 aromatic carbocycles. The fourth-order valence-corrected chi connectivity index (χ4v) is 1.34. The van der Waals surface area contributed by atoms with Crippen molar-refractivity contribution in [3.8, 4) is 0 Å². The first-order valence-corrected chi connectivity index (χ1v) is 4.06. The number of halogens is 1. The van der Waals surface area contributed by atoms with Gasteiger partial charge in [0.05, 0.1) is 0 Å². The largest absolute Gasteiger partial charge is 0.471 e. The van der Waals surface area contributed by atoms with Crippen LogP contribution < -0.4 is 0 Å². The van der Waals surface area contributed by atoms with Gasteiger partial charge in [-0.2, -0.15) is 0 Å². The lowest BCUT2D eigenvalue weighted by atomic mass is 10.1. The van der Waals surface area contributed by atoms with E-state index < -0.39 is 0 Å². The van der Waals surface area contributed by atoms with Crippen molar-refractivity contribution < 1.29 is 4.74 Å². The fraction of sp³-hybridized carbons (Fsp3) is 0.222. The summed E-state index contributed by atoms with van der Waals surface area (Å²) in [5, 5.41) is 0.731. The van der Waals surface area contributed by atoms with Crippen LogP contribution in [0, 0.1) is 0 Å². The van der Waals surface area contributed by atoms with Crippen molar-refractivity contribution in [1.82, 2.24) is 0 Å². The molecule has 0 saturated heterocycles. The van der Waals surface area contributed by atoms with Gasteiger partial charge in [0.25, 0.3) is 6.40 Å². The number of benzene rings is 1. The second-order valence-electron chi connectivity index (χ2n) is 2.60. The normalized spacial score (nSPS) is 20.9. The van der Waals surface area contributed by atoms with Gasteiger partial charge in [0.2, 0.25) is 0 Å². The Morgan fingerprint density at radius 2 is 2.50 bits per heavy atom. The number of ether oxygens (including phenoxy) is 1. The zero-order chi connectivity index (χ0) is 8.39. The summed E-state index contributed by atoms with van der Waals surface area (Å²) in [5.74, 6) is 0. The lowest BCUT2D eigenvalue weighted by molar-refractivity contribution is 0.330. The highest BCUT2D eigenvalue weighted by molar-refractivity contribution is 6.30. The average Bonchev–Trinajstić information content (AvgIpc) is 2.56. The van der Waals surface area contributed by atoms with Crippen LogP contribution >= 0.6 is 11.6 Å². The SMILES string of the molecule is Clc1cccc(C2CO[C]=N2)c1. The van der Waals surface area contributed by atoms with Crippen LogP contribution in [0.2, 0.25) is 5.02 Å². The number of rotatable bonds is 1. The first kappa shape index (κ1) is 7.62. The number of hydrogen-bond acceptors (Lipinski definition) is 2. The molecule has 61 valence electrons. The van der Waals surface area contributed by atoms with Gasteiger partial charge in [0.1, 0.15) is 12.6 Å². The number of nitrogens with zero attached hydrogens (tertiary/aromatic N) is 1. The molecular formula is C9H7ClNO. The van der Waals surface area contributed by atoms with E-state index in [0.717, 1.165) is 10.6 Å². The molecule has 0 amide bonds. The van der Waals surface area contributed by atoms with E-state index in [4.69, 9.17) is 16.3 Å². The molecule has 1 atom stereocenters. The Balaban J connectivity index is 2.27. The van der Waals surface area contributed by atoms with Crippen molar-refractivity contribution >= 4 is 18.0 Å². The summed E-state index contributed by atoms with van der Waals surface area (Å²) in [4.78, 5) is 4.02. The number of aliphatic imine (C=N–C) groups is 1. The highest BCUT2D eigenvalue weighted by Crippen LogP contribution is 2.22. The molecule has 0 aromatic heterocycles. The smallest absolute Gasteiger partial charge is 0.273 e. The molecule has 1 aromatic rings. The molecule has 1 unspecified atom stereocenters. The van der Waals surface area contributed by atoms with E-state index >= 15 is 0 Å². The van der Waals surface area contributed by atoms with Gasteiger partial charge in [-0.1, -0.05) is 23.7 Å². The Bertz CT molecular complexity index is 311. The molecular weight excluding hydrogens is 174 g/mol. The molecule has 0 bridgehead atoms. The zero-order valence-corrected chi connectivity index (χ0v) is 7.08. The minimum atomic E-state index is 0.0729. The van der Waals surface area contributed by atoms with Gasteiger partial charge in [0, 0.05) is 5.02 Å². The topological polar surface area (TPSA) is 21.6 Å². The van der Waals surface area contributed by atoms with Crippen molar-refractivity contribution in [1.29, 1.82) is 0 Å². The lowest BCUT2D eigenvalue weighted by Gasteiger charge is -2.04. The maximum Gasteiger partial charge on any atom is 0.273 e. The molecule has 2 nitrogen and oxygen atoms in total. The third-order valence-electron chi connectivity index (χ3n) is 1.75. The Hall–Kier alpha value is -1.02. The molecule has 1 aliphatic rings. The van der Waals surface area contributed by atoms with Crippen LogP contribution in [-0.2, 0) is 4.74 Å². The van der Waals surface area contributed by atoms with E-state index in [1.807, 2.05) is 24.3 Å². The van der Waals surface area contributed by atoms with Crippen LogP contribution in [0.5, 0.6) is 0 Å². The Labute approximate surface area is 75.8 Å². The van der Waals surface area contributed by atoms with Crippen molar-refractivity contribution in [3.63, 3.8) is 0 Å². The molecule has 1 radical (unpaired) electrons. The molecule has 0 aliphatic carbocycles. The fourth-order valence-electron chi connectivity index (χ4n) is 1.14. The standard InChI is InChI=1S/C9H7ClNO/c10-8-3-1-2-7(4-8)9-5-12-6-11-9/h1-4,9H,5H2. The van der Waals surface area contributed by atoms with Crippen molar-refractivity contribution in [2.24, 2.45) is 4.99 Å². The third kappa shape index (κ3) is 1.43. The van der Waals surface area contributed by atoms with Gasteiger partial charge < -0.3 is 4.74 Å². The maximum atomic E-state index is 5.82. The molecule has 1 heterocycles. The summed E-state index contributed by atoms with van der Waals surface area (Å²) >= 11 is 5.82. The highest BCUT2D eigenvalue weighted by atomic mass is 35.5. The molecule has 0 spiro atoms. The summed E-state index contributed by atoms with van der Waals surface area (Å²) in [7, 11) is 0. The van der Waals surface area contributed by atoms with Crippen LogP contribution in [-0.4, -0.2) is 13.0 Å². The molecule has 0 saturated carbocycles. The molecule has 0 N–H and O–H groups in total. The Kier molecular flexibility index (Phi) is 2.00. The average molecular weight is 181 g/mol. The Morgan fingerprint density at radius 1 is 1.58 bits per heavy atom. The summed E-state index contributed by atoms with van der Waals surface area (Å²) < 4.78 is 4.89. The van der Waals surface area contributed by atoms with E-state index in [-0.39, 0.29) is 6.04 Å². The molecule has 12 heavy (non-hydrogen) atoms. The van der Waals surface area contributed by atoms with Gasteiger partial charge >= 0.3 is 0 Å². The monoisotopic (exact) mass is 180 g/mol. The number of hydrogen-bond donors (Lipinski definition) is 0. The summed E-state index contributed by atoms with van der Waals surface area (Å²) in [6.45, 7) is 0.570. The van der Waals surface area contributed by atoms with Gasteiger partial charge in [-0.05, 0) is 17.7 Å². The van der Waals surface area contributed by atoms with Crippen molar-refractivity contribution in [2.45, 2.75) is 6.04 Å². The van der Waals surface area contributed by atoms with E-state index in [1.54, 1.807) is 0 Å². The van der Waals surface area contributed by atoms with Crippen molar-refractivity contribution in [3.05, 3.63) is 34.9 Å². The van der Waals surface area contributed by atoms with E-state index in [9.17, 15) is 0 Å². The van der Waals surface area contributed by atoms with Crippen molar-refractivity contribution in [2.75, 3.05) is 6.61 Å². The predicted molar refractivity (Wildman–Crippen MR) is 47.6 cm³/mol. The summed E-state index contributed by atoms with van der Waals surface area (Å²) in [6, 6.07) is 7.70. The van der Waals surface area contributed by atoms with Gasteiger partial charge in [-0.25, -0.2) is 4.99 Å². The first-order chi connectivity index (χ1) is 5.86. The third-order valence-corrected chi connectivity index (χ3v) is 1.98. The van der Waals surface area contributed by atoms with E-state index in [0.29, 0.717) is 6.61 Å². The first-order valence-electron chi connectivity index (χ1n) is 3.68. The van der Waals surface area contributed by atoms with Crippen LogP contribution in [0.25, 0.3) is 0 Å². The van der Waals surface area contributed by atoms with E-state index in [1.165, 1.54) is 0 Å². The minimum absolute atomic E-state index is 0.0729. The van der Waals surface area contributed by atoms with Crippen LogP contribution in [0.15, 0.2) is 29.3 Å². The van der Waals surface area contributed by atoms with Crippen LogP contribution in [0.1, 0.15) is 11.6 Å². The molecule has 3 heteroatoms. The second-order valence-corrected chi connectivity index (χ2v) is 3.04. The predicted octanol–water partition coefficient (Wildman–Crippen LogP) is 2.32. The summed E-state index contributed by atoms with van der Waals surface area (Å²) in [5.41, 5.74) is 1.08. The Morgan fingerprint density at radius 3 is 3.17 bits per heavy atom. The highest BCUT2D eigenvalue weighted by Gasteiger charge is 2.14. The summed E-state index contributed by atoms with van der Waals surface area (Å²) in [6.07, 6.45) is 2.47. The minimum Gasteiger partial charge on any atom is -0.471 e. The quantitative estimate of drug-likeness (QED) is 0.650. The van der Waals surface area contributed by atoms with Crippen LogP contribution in [0.3, 0.4) is 0 Å². The van der Waals surface area contributed by atoms with Gasteiger partial charge in [-0.3, -0.25) is 0 Å². The lowest BCUT2D eigenvalue weighted by Crippen LogP contribution is -1.96. The van der Waals surface area contributed by atoms with Crippen LogP contribution in [0.4, 0.5) is 0 Å². The molecule has 2 rings (SSSR count). The second kappa shape index (κ2) is 3.15. The molecule has 1 aliphatic heterocycles. The maximum absolute atomic E-state index is 5.82. The van der Waals surface area contributed by atoms with Gasteiger partial charge in [0.15, 0.2) is 0 Å². The van der Waals surface area contributed by atoms with Gasteiger partial charge in [-0.15, -0.1) is 0 Å². The molecule has 0 fully saturated rings. The zero-order valence-electron chi connectivity index (χ0n) is 6.33.